The lowest BCUT2D eigenvalue weighted by Gasteiger charge is -2.20. The summed E-state index contributed by atoms with van der Waals surface area (Å²) in [7, 11) is -3.73. The van der Waals surface area contributed by atoms with E-state index >= 15 is 0 Å². The number of hydrogen-bond donors (Lipinski definition) is 1. The summed E-state index contributed by atoms with van der Waals surface area (Å²) in [6.07, 6.45) is 3.80. The highest BCUT2D eigenvalue weighted by molar-refractivity contribution is 7.89. The molecule has 0 saturated carbocycles. The molecule has 8 heteroatoms. The number of sulfonamides is 1. The molecule has 1 N–H and O–H groups in total. The first-order valence-electron chi connectivity index (χ1n) is 9.82. The number of hydrogen-bond acceptors (Lipinski definition) is 6. The Morgan fingerprint density at radius 3 is 2.42 bits per heavy atom. The molecule has 0 radical (unpaired) electrons. The zero-order chi connectivity index (χ0) is 22.1. The van der Waals surface area contributed by atoms with E-state index in [4.69, 9.17) is 9.47 Å². The maximum absolute atomic E-state index is 12.9. The monoisotopic (exact) mass is 440 g/mol. The largest absolute Gasteiger partial charge is 0.482 e. The van der Waals surface area contributed by atoms with Crippen LogP contribution < -0.4 is 9.46 Å². The number of pyridine rings is 1. The number of rotatable bonds is 10. The first-order valence-corrected chi connectivity index (χ1v) is 11.3. The van der Waals surface area contributed by atoms with E-state index in [1.807, 2.05) is 12.1 Å². The third kappa shape index (κ3) is 6.63. The van der Waals surface area contributed by atoms with Crippen LogP contribution >= 0.6 is 0 Å². The highest BCUT2D eigenvalue weighted by Gasteiger charge is 2.22. The fraction of sp³-hybridized carbons (Fsp3) is 0.217. The van der Waals surface area contributed by atoms with Gasteiger partial charge in [-0.05, 0) is 54.8 Å². The second-order valence-electron chi connectivity index (χ2n) is 6.72. The Morgan fingerprint density at radius 2 is 1.77 bits per heavy atom. The van der Waals surface area contributed by atoms with Gasteiger partial charge in [-0.1, -0.05) is 36.4 Å². The van der Waals surface area contributed by atoms with Gasteiger partial charge in [0.1, 0.15) is 5.75 Å². The highest BCUT2D eigenvalue weighted by atomic mass is 32.2. The van der Waals surface area contributed by atoms with E-state index < -0.39 is 22.0 Å². The van der Waals surface area contributed by atoms with Crippen molar-refractivity contribution in [3.63, 3.8) is 0 Å². The molecule has 0 amide bonds. The zero-order valence-electron chi connectivity index (χ0n) is 17.1. The van der Waals surface area contributed by atoms with Crippen molar-refractivity contribution in [2.24, 2.45) is 0 Å². The Hall–Kier alpha value is -3.23. The van der Waals surface area contributed by atoms with E-state index in [0.29, 0.717) is 18.8 Å². The predicted octanol–water partition coefficient (Wildman–Crippen LogP) is 3.29. The summed E-state index contributed by atoms with van der Waals surface area (Å²) < 4.78 is 38.9. The zero-order valence-corrected chi connectivity index (χ0v) is 17.9. The van der Waals surface area contributed by atoms with Crippen LogP contribution in [0.2, 0.25) is 0 Å². The lowest BCUT2D eigenvalue weighted by molar-refractivity contribution is -0.145. The average molecular weight is 441 g/mol. The van der Waals surface area contributed by atoms with Crippen LogP contribution in [0.4, 0.5) is 0 Å². The van der Waals surface area contributed by atoms with Gasteiger partial charge in [0, 0.05) is 12.4 Å². The second-order valence-corrected chi connectivity index (χ2v) is 8.43. The molecule has 7 nitrogen and oxygen atoms in total. The molecule has 0 spiro atoms. The summed E-state index contributed by atoms with van der Waals surface area (Å²) in [5.41, 5.74) is 1.65. The summed E-state index contributed by atoms with van der Waals surface area (Å²) >= 11 is 0. The number of esters is 1. The fourth-order valence-corrected chi connectivity index (χ4v) is 4.22. The molecule has 3 aromatic rings. The number of aromatic nitrogens is 1. The molecule has 0 aliphatic rings. The molecule has 0 saturated heterocycles. The standard InChI is InChI=1S/C23H24N2O5S/c1-2-29-23(26)17-30-20-12-10-19(11-13-20)22(15-18-7-6-14-24-16-18)25-31(27,28)21-8-4-3-5-9-21/h3-14,16,22,25H,2,15,17H2,1H3. The molecule has 1 aromatic heterocycles. The molecule has 0 bridgehead atoms. The normalized spacial score (nSPS) is 12.2. The summed E-state index contributed by atoms with van der Waals surface area (Å²) in [6.45, 7) is 1.83. The van der Waals surface area contributed by atoms with Gasteiger partial charge in [-0.3, -0.25) is 4.98 Å². The van der Waals surface area contributed by atoms with Gasteiger partial charge in [0.05, 0.1) is 17.5 Å². The molecular weight excluding hydrogens is 416 g/mol. The van der Waals surface area contributed by atoms with Gasteiger partial charge >= 0.3 is 5.97 Å². The lowest BCUT2D eigenvalue weighted by atomic mass is 10.0. The van der Waals surface area contributed by atoms with Crippen molar-refractivity contribution in [2.75, 3.05) is 13.2 Å². The minimum absolute atomic E-state index is 0.188. The van der Waals surface area contributed by atoms with Crippen molar-refractivity contribution in [1.82, 2.24) is 9.71 Å². The van der Waals surface area contributed by atoms with E-state index in [2.05, 4.69) is 9.71 Å². The minimum Gasteiger partial charge on any atom is -0.482 e. The van der Waals surface area contributed by atoms with Crippen LogP contribution in [0.1, 0.15) is 24.1 Å². The topological polar surface area (TPSA) is 94.6 Å². The van der Waals surface area contributed by atoms with Gasteiger partial charge < -0.3 is 9.47 Å². The number of benzene rings is 2. The first-order chi connectivity index (χ1) is 15.0. The molecule has 1 unspecified atom stereocenters. The number of carbonyl (C=O) groups is 1. The van der Waals surface area contributed by atoms with Crippen molar-refractivity contribution < 1.29 is 22.7 Å². The summed E-state index contributed by atoms with van der Waals surface area (Å²) in [5.74, 6) is 0.0412. The van der Waals surface area contributed by atoms with Gasteiger partial charge in [0.25, 0.3) is 0 Å². The molecule has 1 heterocycles. The van der Waals surface area contributed by atoms with Crippen LogP contribution in [0.3, 0.4) is 0 Å². The maximum atomic E-state index is 12.9. The smallest absolute Gasteiger partial charge is 0.344 e. The number of nitrogens with one attached hydrogen (secondary N) is 1. The second kappa shape index (κ2) is 10.7. The fourth-order valence-electron chi connectivity index (χ4n) is 2.98. The number of carbonyl (C=O) groups excluding carboxylic acids is 1. The van der Waals surface area contributed by atoms with Gasteiger partial charge in [-0.2, -0.15) is 0 Å². The van der Waals surface area contributed by atoms with Gasteiger partial charge in [-0.15, -0.1) is 0 Å². The Kier molecular flexibility index (Phi) is 7.75. The van der Waals surface area contributed by atoms with Crippen LogP contribution in [0, 0.1) is 0 Å². The lowest BCUT2D eigenvalue weighted by Crippen LogP contribution is -2.30. The van der Waals surface area contributed by atoms with Gasteiger partial charge in [0.15, 0.2) is 6.61 Å². The number of nitrogens with zero attached hydrogens (tertiary/aromatic N) is 1. The molecule has 162 valence electrons. The van der Waals surface area contributed by atoms with Crippen molar-refractivity contribution in [3.8, 4) is 5.75 Å². The Bertz CT molecular complexity index is 1070. The minimum atomic E-state index is -3.73. The molecule has 1 atom stereocenters. The average Bonchev–Trinajstić information content (AvgIpc) is 2.79. The van der Waals surface area contributed by atoms with Crippen molar-refractivity contribution in [1.29, 1.82) is 0 Å². The predicted molar refractivity (Wildman–Crippen MR) is 116 cm³/mol. The van der Waals surface area contributed by atoms with Crippen LogP contribution in [-0.4, -0.2) is 32.6 Å². The molecule has 31 heavy (non-hydrogen) atoms. The Labute approximate surface area is 182 Å². The molecule has 0 aliphatic carbocycles. The summed E-state index contributed by atoms with van der Waals surface area (Å²) in [5, 5.41) is 0. The van der Waals surface area contributed by atoms with Crippen LogP contribution in [-0.2, 0) is 26.0 Å². The van der Waals surface area contributed by atoms with E-state index in [1.165, 1.54) is 0 Å². The number of ether oxygens (including phenoxy) is 2. The Balaban J connectivity index is 1.80. The first kappa shape index (κ1) is 22.5. The van der Waals surface area contributed by atoms with Crippen molar-refractivity contribution >= 4 is 16.0 Å². The van der Waals surface area contributed by atoms with Crippen LogP contribution in [0.25, 0.3) is 0 Å². The molecule has 0 aliphatic heterocycles. The van der Waals surface area contributed by atoms with Gasteiger partial charge in [-0.25, -0.2) is 17.9 Å². The SMILES string of the molecule is CCOC(=O)COc1ccc(C(Cc2cccnc2)NS(=O)(=O)c2ccccc2)cc1. The van der Waals surface area contributed by atoms with E-state index in [0.717, 1.165) is 11.1 Å². The highest BCUT2D eigenvalue weighted by Crippen LogP contribution is 2.24. The molecular formula is C23H24N2O5S. The maximum Gasteiger partial charge on any atom is 0.344 e. The quantitative estimate of drug-likeness (QED) is 0.486. The van der Waals surface area contributed by atoms with E-state index in [-0.39, 0.29) is 11.5 Å². The van der Waals surface area contributed by atoms with Gasteiger partial charge in [0.2, 0.25) is 10.0 Å². The summed E-state index contributed by atoms with van der Waals surface area (Å²) in [6, 6.07) is 18.4. The van der Waals surface area contributed by atoms with Crippen LogP contribution in [0.15, 0.2) is 84.0 Å². The summed E-state index contributed by atoms with van der Waals surface area (Å²) in [4.78, 5) is 15.8. The van der Waals surface area contributed by atoms with Crippen LogP contribution in [0.5, 0.6) is 5.75 Å². The third-order valence-corrected chi connectivity index (χ3v) is 5.95. The van der Waals surface area contributed by atoms with Crippen molar-refractivity contribution in [3.05, 3.63) is 90.3 Å². The van der Waals surface area contributed by atoms with Crippen molar-refractivity contribution in [2.45, 2.75) is 24.3 Å². The Morgan fingerprint density at radius 1 is 1.03 bits per heavy atom. The van der Waals surface area contributed by atoms with E-state index in [1.54, 1.807) is 73.9 Å². The third-order valence-electron chi connectivity index (χ3n) is 4.46. The molecule has 2 aromatic carbocycles. The van der Waals surface area contributed by atoms with E-state index in [9.17, 15) is 13.2 Å². The molecule has 0 fully saturated rings. The molecule has 3 rings (SSSR count).